The molecule has 0 fully saturated rings. The summed E-state index contributed by atoms with van der Waals surface area (Å²) in [6.07, 6.45) is 3.11. The molecule has 0 amide bonds. The number of ketones is 1. The summed E-state index contributed by atoms with van der Waals surface area (Å²) in [6, 6.07) is 7.01. The highest BCUT2D eigenvalue weighted by atomic mass is 35.5. The van der Waals surface area contributed by atoms with Crippen LogP contribution in [0.25, 0.3) is 0 Å². The van der Waals surface area contributed by atoms with Crippen molar-refractivity contribution < 1.29 is 4.79 Å². The Hall–Kier alpha value is -1.62. The third kappa shape index (κ3) is 3.56. The second kappa shape index (κ2) is 7.09. The third-order valence-corrected chi connectivity index (χ3v) is 5.55. The number of benzene rings is 1. The molecular weight excluding hydrogens is 340 g/mol. The number of nitrogens with two attached hydrogens (primary N) is 1. The van der Waals surface area contributed by atoms with Crippen LogP contribution in [0.1, 0.15) is 40.2 Å². The quantitative estimate of drug-likeness (QED) is 0.643. The Labute approximate surface area is 151 Å². The van der Waals surface area contributed by atoms with Gasteiger partial charge < -0.3 is 5.73 Å². The van der Waals surface area contributed by atoms with Crippen LogP contribution in [-0.2, 0) is 13.0 Å². The smallest absolute Gasteiger partial charge is 0.196 e. The Morgan fingerprint density at radius 3 is 2.71 bits per heavy atom. The highest BCUT2D eigenvalue weighted by Gasteiger charge is 2.27. The second-order valence-corrected chi connectivity index (χ2v) is 7.92. The molecule has 3 nitrogen and oxygen atoms in total. The van der Waals surface area contributed by atoms with E-state index in [1.807, 2.05) is 0 Å². The van der Waals surface area contributed by atoms with Crippen molar-refractivity contribution >= 4 is 33.7 Å². The van der Waals surface area contributed by atoms with E-state index in [1.54, 1.807) is 35.6 Å². The Morgan fingerprint density at radius 2 is 2.04 bits per heavy atom. The zero-order valence-electron chi connectivity index (χ0n) is 13.9. The summed E-state index contributed by atoms with van der Waals surface area (Å²) in [7, 11) is 0. The lowest BCUT2D eigenvalue weighted by Gasteiger charge is -2.26. The lowest BCUT2D eigenvalue weighted by molar-refractivity contribution is 0.103. The van der Waals surface area contributed by atoms with Crippen LogP contribution in [0.5, 0.6) is 0 Å². The maximum absolute atomic E-state index is 12.9. The van der Waals surface area contributed by atoms with Crippen molar-refractivity contribution in [2.45, 2.75) is 26.8 Å². The molecule has 0 spiro atoms. The molecule has 2 aromatic rings. The number of nitrogen functional groups attached to an aromatic ring is 1. The summed E-state index contributed by atoms with van der Waals surface area (Å²) in [5, 5.41) is 1.26. The average Bonchev–Trinajstić information content (AvgIpc) is 2.88. The van der Waals surface area contributed by atoms with E-state index in [-0.39, 0.29) is 5.78 Å². The molecule has 1 aromatic heterocycles. The molecule has 24 heavy (non-hydrogen) atoms. The van der Waals surface area contributed by atoms with Gasteiger partial charge in [-0.3, -0.25) is 9.69 Å². The highest BCUT2D eigenvalue weighted by molar-refractivity contribution is 7.16. The van der Waals surface area contributed by atoms with Gasteiger partial charge in [0.05, 0.1) is 10.6 Å². The normalized spacial score (nSPS) is 14.3. The molecule has 0 aliphatic carbocycles. The number of carbonyl (C=O) groups excluding carboxylic acids is 1. The fourth-order valence-electron chi connectivity index (χ4n) is 2.94. The topological polar surface area (TPSA) is 46.3 Å². The van der Waals surface area contributed by atoms with Gasteiger partial charge in [-0.1, -0.05) is 23.3 Å². The summed E-state index contributed by atoms with van der Waals surface area (Å²) in [5.74, 6) is -0.000542. The molecular formula is C19H21ClN2OS. The molecule has 3 rings (SSSR count). The fraction of sp³-hybridized carbons (Fsp3) is 0.316. The Kier molecular flexibility index (Phi) is 5.09. The van der Waals surface area contributed by atoms with E-state index < -0.39 is 0 Å². The molecule has 0 saturated heterocycles. The van der Waals surface area contributed by atoms with Gasteiger partial charge in [0.2, 0.25) is 0 Å². The standard InChI is InChI=1S/C19H21ClN2OS/c1-12(2)7-9-22-10-8-15-16(11-22)24-19(21)17(15)18(23)13-3-5-14(20)6-4-13/h3-7H,8-11,21H2,1-2H3. The molecule has 0 bridgehead atoms. The molecule has 0 atom stereocenters. The number of hydrogen-bond acceptors (Lipinski definition) is 4. The van der Waals surface area contributed by atoms with Crippen molar-refractivity contribution in [1.29, 1.82) is 0 Å². The van der Waals surface area contributed by atoms with Crippen molar-refractivity contribution in [3.8, 4) is 0 Å². The van der Waals surface area contributed by atoms with Crippen LogP contribution in [-0.4, -0.2) is 23.8 Å². The number of thiophene rings is 1. The minimum atomic E-state index is -0.000542. The van der Waals surface area contributed by atoms with E-state index in [4.69, 9.17) is 17.3 Å². The lowest BCUT2D eigenvalue weighted by atomic mass is 9.96. The number of hydrogen-bond donors (Lipinski definition) is 1. The van der Waals surface area contributed by atoms with Crippen LogP contribution < -0.4 is 5.73 Å². The first-order chi connectivity index (χ1) is 11.5. The van der Waals surface area contributed by atoms with Crippen molar-refractivity contribution in [3.05, 3.63) is 62.5 Å². The number of carbonyl (C=O) groups is 1. The van der Waals surface area contributed by atoms with E-state index in [1.165, 1.54) is 10.5 Å². The lowest BCUT2D eigenvalue weighted by Crippen LogP contribution is -2.30. The molecule has 1 aliphatic rings. The Balaban J connectivity index is 1.86. The zero-order chi connectivity index (χ0) is 17.3. The van der Waals surface area contributed by atoms with Crippen LogP contribution >= 0.6 is 22.9 Å². The Morgan fingerprint density at radius 1 is 1.33 bits per heavy atom. The van der Waals surface area contributed by atoms with Gasteiger partial charge in [-0.2, -0.15) is 0 Å². The van der Waals surface area contributed by atoms with Gasteiger partial charge in [-0.15, -0.1) is 11.3 Å². The first kappa shape index (κ1) is 17.2. The van der Waals surface area contributed by atoms with E-state index >= 15 is 0 Å². The largest absolute Gasteiger partial charge is 0.390 e. The molecule has 5 heteroatoms. The maximum Gasteiger partial charge on any atom is 0.196 e. The minimum Gasteiger partial charge on any atom is -0.390 e. The molecule has 0 saturated carbocycles. The molecule has 2 heterocycles. The van der Waals surface area contributed by atoms with Gasteiger partial charge in [0.1, 0.15) is 0 Å². The zero-order valence-corrected chi connectivity index (χ0v) is 15.5. The van der Waals surface area contributed by atoms with Gasteiger partial charge in [-0.05, 0) is 50.1 Å². The monoisotopic (exact) mass is 360 g/mol. The van der Waals surface area contributed by atoms with E-state index in [0.29, 0.717) is 21.2 Å². The molecule has 0 unspecified atom stereocenters. The second-order valence-electron chi connectivity index (χ2n) is 6.35. The summed E-state index contributed by atoms with van der Waals surface area (Å²) >= 11 is 7.46. The fourth-order valence-corrected chi connectivity index (χ4v) is 4.22. The number of halogens is 1. The van der Waals surface area contributed by atoms with Crippen LogP contribution in [0, 0.1) is 0 Å². The predicted molar refractivity (Wildman–Crippen MR) is 102 cm³/mol. The molecule has 1 aliphatic heterocycles. The number of allylic oxidation sites excluding steroid dienone is 1. The van der Waals surface area contributed by atoms with Gasteiger partial charge in [0.15, 0.2) is 5.78 Å². The van der Waals surface area contributed by atoms with Crippen molar-refractivity contribution in [2.75, 3.05) is 18.8 Å². The minimum absolute atomic E-state index is 0.000542. The predicted octanol–water partition coefficient (Wildman–Crippen LogP) is 4.54. The summed E-state index contributed by atoms with van der Waals surface area (Å²) in [6.45, 7) is 6.98. The van der Waals surface area contributed by atoms with Crippen LogP contribution in [0.4, 0.5) is 5.00 Å². The summed E-state index contributed by atoms with van der Waals surface area (Å²) in [5.41, 5.74) is 9.98. The van der Waals surface area contributed by atoms with Gasteiger partial charge in [0.25, 0.3) is 0 Å². The van der Waals surface area contributed by atoms with Crippen LogP contribution in [0.15, 0.2) is 35.9 Å². The molecule has 1 aromatic carbocycles. The first-order valence-electron chi connectivity index (χ1n) is 8.01. The summed E-state index contributed by atoms with van der Waals surface area (Å²) < 4.78 is 0. The SMILES string of the molecule is CC(C)=CCN1CCc2c(sc(N)c2C(=O)c2ccc(Cl)cc2)C1. The first-order valence-corrected chi connectivity index (χ1v) is 9.21. The van der Waals surface area contributed by atoms with Gasteiger partial charge >= 0.3 is 0 Å². The van der Waals surface area contributed by atoms with Crippen molar-refractivity contribution in [1.82, 2.24) is 4.90 Å². The average molecular weight is 361 g/mol. The molecule has 2 N–H and O–H groups in total. The third-order valence-electron chi connectivity index (χ3n) is 4.25. The Bertz CT molecular complexity index is 788. The highest BCUT2D eigenvalue weighted by Crippen LogP contribution is 2.36. The van der Waals surface area contributed by atoms with Crippen LogP contribution in [0.2, 0.25) is 5.02 Å². The number of rotatable bonds is 4. The number of fused-ring (bicyclic) bond motifs is 1. The maximum atomic E-state index is 12.9. The van der Waals surface area contributed by atoms with E-state index in [9.17, 15) is 4.79 Å². The van der Waals surface area contributed by atoms with Crippen molar-refractivity contribution in [2.24, 2.45) is 0 Å². The molecule has 0 radical (unpaired) electrons. The van der Waals surface area contributed by atoms with Gasteiger partial charge in [-0.25, -0.2) is 0 Å². The van der Waals surface area contributed by atoms with E-state index in [0.717, 1.165) is 31.6 Å². The summed E-state index contributed by atoms with van der Waals surface area (Å²) in [4.78, 5) is 16.5. The number of anilines is 1. The molecule has 126 valence electrons. The van der Waals surface area contributed by atoms with Crippen LogP contribution in [0.3, 0.4) is 0 Å². The van der Waals surface area contributed by atoms with E-state index in [2.05, 4.69) is 24.8 Å². The number of nitrogens with zero attached hydrogens (tertiary/aromatic N) is 1. The van der Waals surface area contributed by atoms with Crippen molar-refractivity contribution in [3.63, 3.8) is 0 Å². The van der Waals surface area contributed by atoms with Gasteiger partial charge in [0, 0.05) is 35.1 Å².